The molecule has 0 bridgehead atoms. The summed E-state index contributed by atoms with van der Waals surface area (Å²) in [5.41, 5.74) is 3.87. The number of rotatable bonds is 5. The monoisotopic (exact) mass is 381 g/mol. The summed E-state index contributed by atoms with van der Waals surface area (Å²) < 4.78 is 2.16. The van der Waals surface area contributed by atoms with Crippen LogP contribution in [0, 0.1) is 0 Å². The Labute approximate surface area is 164 Å². The number of nitrogens with zero attached hydrogens (tertiary/aromatic N) is 1. The number of aryl methyl sites for hydroxylation is 2. The summed E-state index contributed by atoms with van der Waals surface area (Å²) in [6, 6.07) is 9.67. The zero-order chi connectivity index (χ0) is 20.6. The Balaban J connectivity index is 2.07. The van der Waals surface area contributed by atoms with E-state index >= 15 is 0 Å². The summed E-state index contributed by atoms with van der Waals surface area (Å²) in [5, 5.41) is 13.8. The minimum atomic E-state index is -1.21. The molecule has 0 atom stereocenters. The zero-order valence-electron chi connectivity index (χ0n) is 17.0. The summed E-state index contributed by atoms with van der Waals surface area (Å²) in [6.45, 7) is 9.11. The summed E-state index contributed by atoms with van der Waals surface area (Å²) in [4.78, 5) is 26.2. The number of carbonyl (C=O) groups is 1. The summed E-state index contributed by atoms with van der Waals surface area (Å²) in [5.74, 6) is -1.21. The molecule has 0 aliphatic carbocycles. The third-order valence-electron chi connectivity index (χ3n) is 4.96. The predicted octanol–water partition coefficient (Wildman–Crippen LogP) is 3.68. The molecule has 1 aromatic carbocycles. The van der Waals surface area contributed by atoms with Crippen molar-refractivity contribution in [2.24, 2.45) is 7.05 Å². The van der Waals surface area contributed by atoms with Crippen LogP contribution in [-0.4, -0.2) is 26.2 Å². The molecule has 3 aromatic rings. The minimum Gasteiger partial charge on any atom is -0.477 e. The van der Waals surface area contributed by atoms with Gasteiger partial charge in [0.1, 0.15) is 5.56 Å². The van der Waals surface area contributed by atoms with Crippen LogP contribution in [0.5, 0.6) is 0 Å². The molecule has 0 fully saturated rings. The number of aromatic carboxylic acids is 1. The number of fused-ring (bicyclic) bond motifs is 1. The Morgan fingerprint density at radius 3 is 2.54 bits per heavy atom. The second kappa shape index (κ2) is 7.28. The molecule has 0 saturated heterocycles. The van der Waals surface area contributed by atoms with E-state index in [4.69, 9.17) is 0 Å². The van der Waals surface area contributed by atoms with Crippen LogP contribution in [0.3, 0.4) is 0 Å². The third kappa shape index (κ3) is 3.87. The topological polar surface area (TPSA) is 87.1 Å². The van der Waals surface area contributed by atoms with Gasteiger partial charge in [-0.05, 0) is 62.6 Å². The van der Waals surface area contributed by atoms with Gasteiger partial charge in [-0.2, -0.15) is 0 Å². The number of aromatic amines is 1. The van der Waals surface area contributed by atoms with E-state index in [0.29, 0.717) is 12.1 Å². The van der Waals surface area contributed by atoms with E-state index in [1.165, 1.54) is 11.8 Å². The van der Waals surface area contributed by atoms with Gasteiger partial charge in [-0.15, -0.1) is 0 Å². The second-order valence-electron chi connectivity index (χ2n) is 8.14. The van der Waals surface area contributed by atoms with Crippen LogP contribution >= 0.6 is 0 Å². The van der Waals surface area contributed by atoms with E-state index in [1.807, 2.05) is 32.2 Å². The van der Waals surface area contributed by atoms with E-state index < -0.39 is 11.5 Å². The van der Waals surface area contributed by atoms with Crippen molar-refractivity contribution in [3.05, 3.63) is 57.5 Å². The highest BCUT2D eigenvalue weighted by Gasteiger charge is 2.16. The molecule has 0 saturated carbocycles. The lowest BCUT2D eigenvalue weighted by atomic mass is 10.0. The van der Waals surface area contributed by atoms with Crippen LogP contribution in [0.4, 0.5) is 0 Å². The van der Waals surface area contributed by atoms with Gasteiger partial charge in [0.25, 0.3) is 5.56 Å². The Bertz CT molecular complexity index is 1100. The molecule has 28 heavy (non-hydrogen) atoms. The van der Waals surface area contributed by atoms with Crippen LogP contribution < -0.4 is 10.9 Å². The molecule has 0 unspecified atom stereocenters. The van der Waals surface area contributed by atoms with E-state index in [2.05, 4.69) is 41.7 Å². The number of benzene rings is 1. The maximum atomic E-state index is 12.2. The molecule has 0 spiro atoms. The first kappa shape index (κ1) is 19.9. The SMILES string of the molecule is CCc1cc(C(=O)O)c(=O)[nH]c1-c1ccc2c(c1)cc(CNC(C)(C)C)n2C. The lowest BCUT2D eigenvalue weighted by Gasteiger charge is -2.20. The van der Waals surface area contributed by atoms with Crippen molar-refractivity contribution in [2.45, 2.75) is 46.2 Å². The van der Waals surface area contributed by atoms with Gasteiger partial charge >= 0.3 is 5.97 Å². The average Bonchev–Trinajstić information content (AvgIpc) is 2.94. The summed E-state index contributed by atoms with van der Waals surface area (Å²) in [6.07, 6.45) is 0.625. The molecule has 6 heteroatoms. The maximum Gasteiger partial charge on any atom is 0.341 e. The lowest BCUT2D eigenvalue weighted by Crippen LogP contribution is -2.35. The average molecular weight is 381 g/mol. The van der Waals surface area contributed by atoms with Gasteiger partial charge < -0.3 is 20.0 Å². The Hall–Kier alpha value is -2.86. The third-order valence-corrected chi connectivity index (χ3v) is 4.96. The number of hydrogen-bond donors (Lipinski definition) is 3. The minimum absolute atomic E-state index is 0.0308. The first-order valence-corrected chi connectivity index (χ1v) is 9.44. The molecule has 2 heterocycles. The number of carboxylic acid groups (broad SMARTS) is 1. The normalized spacial score (nSPS) is 11.9. The van der Waals surface area contributed by atoms with Gasteiger partial charge in [0, 0.05) is 35.7 Å². The highest BCUT2D eigenvalue weighted by molar-refractivity contribution is 5.89. The van der Waals surface area contributed by atoms with Crippen LogP contribution in [0.1, 0.15) is 49.3 Å². The first-order valence-electron chi connectivity index (χ1n) is 9.44. The van der Waals surface area contributed by atoms with Gasteiger partial charge in [0.15, 0.2) is 0 Å². The fourth-order valence-corrected chi connectivity index (χ4v) is 3.36. The van der Waals surface area contributed by atoms with E-state index in [-0.39, 0.29) is 11.1 Å². The molecular weight excluding hydrogens is 354 g/mol. The molecule has 6 nitrogen and oxygen atoms in total. The Kier molecular flexibility index (Phi) is 5.17. The number of pyridine rings is 1. The maximum absolute atomic E-state index is 12.2. The van der Waals surface area contributed by atoms with Crippen LogP contribution in [0.2, 0.25) is 0 Å². The summed E-state index contributed by atoms with van der Waals surface area (Å²) >= 11 is 0. The molecular formula is C22H27N3O3. The Morgan fingerprint density at radius 2 is 1.93 bits per heavy atom. The highest BCUT2D eigenvalue weighted by Crippen LogP contribution is 2.27. The van der Waals surface area contributed by atoms with Crippen LogP contribution in [-0.2, 0) is 20.0 Å². The van der Waals surface area contributed by atoms with Crippen LogP contribution in [0.15, 0.2) is 35.1 Å². The molecule has 0 radical (unpaired) electrons. The smallest absolute Gasteiger partial charge is 0.341 e. The van der Waals surface area contributed by atoms with Crippen molar-refractivity contribution < 1.29 is 9.90 Å². The number of aromatic nitrogens is 2. The van der Waals surface area contributed by atoms with Crippen LogP contribution in [0.25, 0.3) is 22.2 Å². The van der Waals surface area contributed by atoms with Gasteiger partial charge in [-0.3, -0.25) is 4.79 Å². The van der Waals surface area contributed by atoms with Gasteiger partial charge in [-0.25, -0.2) is 4.79 Å². The molecule has 3 N–H and O–H groups in total. The van der Waals surface area contributed by atoms with Crippen molar-refractivity contribution in [3.63, 3.8) is 0 Å². The van der Waals surface area contributed by atoms with Crippen molar-refractivity contribution in [3.8, 4) is 11.3 Å². The summed E-state index contributed by atoms with van der Waals surface area (Å²) in [7, 11) is 2.04. The molecule has 0 aliphatic rings. The van der Waals surface area contributed by atoms with Gasteiger partial charge in [0.2, 0.25) is 0 Å². The first-order chi connectivity index (χ1) is 13.1. The van der Waals surface area contributed by atoms with E-state index in [1.54, 1.807) is 0 Å². The van der Waals surface area contributed by atoms with Gasteiger partial charge in [-0.1, -0.05) is 13.0 Å². The molecule has 0 amide bonds. The predicted molar refractivity (Wildman–Crippen MR) is 112 cm³/mol. The van der Waals surface area contributed by atoms with Gasteiger partial charge in [0.05, 0.1) is 5.69 Å². The highest BCUT2D eigenvalue weighted by atomic mass is 16.4. The fourth-order valence-electron chi connectivity index (χ4n) is 3.36. The zero-order valence-corrected chi connectivity index (χ0v) is 17.0. The number of nitrogens with one attached hydrogen (secondary N) is 2. The second-order valence-corrected chi connectivity index (χ2v) is 8.14. The molecule has 2 aromatic heterocycles. The van der Waals surface area contributed by atoms with E-state index in [0.717, 1.165) is 28.6 Å². The van der Waals surface area contributed by atoms with Crippen molar-refractivity contribution in [2.75, 3.05) is 0 Å². The largest absolute Gasteiger partial charge is 0.477 e. The molecule has 148 valence electrons. The molecule has 3 rings (SSSR count). The van der Waals surface area contributed by atoms with Crippen molar-refractivity contribution in [1.29, 1.82) is 0 Å². The molecule has 0 aliphatic heterocycles. The Morgan fingerprint density at radius 1 is 1.21 bits per heavy atom. The van der Waals surface area contributed by atoms with Crippen molar-refractivity contribution >= 4 is 16.9 Å². The van der Waals surface area contributed by atoms with Crippen molar-refractivity contribution in [1.82, 2.24) is 14.9 Å². The fraction of sp³-hybridized carbons (Fsp3) is 0.364. The standard InChI is InChI=1S/C22H27N3O3/c1-6-13-11-17(21(27)28)20(26)24-19(13)14-7-8-18-15(9-14)10-16(25(18)5)12-23-22(2,3)4/h7-11,23H,6,12H2,1-5H3,(H,24,26)(H,27,28). The number of H-pyrrole nitrogens is 1. The number of hydrogen-bond acceptors (Lipinski definition) is 3. The van der Waals surface area contributed by atoms with E-state index in [9.17, 15) is 14.7 Å². The lowest BCUT2D eigenvalue weighted by molar-refractivity contribution is 0.0695. The number of carboxylic acids is 1. The quantitative estimate of drug-likeness (QED) is 0.629.